The number of carbonyl (C=O) groups is 4. The van der Waals surface area contributed by atoms with Crippen LogP contribution in [0, 0.1) is 12.7 Å². The molecule has 2 heterocycles. The van der Waals surface area contributed by atoms with Crippen LogP contribution >= 0.6 is 0 Å². The van der Waals surface area contributed by atoms with Gasteiger partial charge < -0.3 is 20.7 Å². The number of fused-ring (bicyclic) bond motifs is 2. The Kier molecular flexibility index (Phi) is 8.28. The fourth-order valence-corrected chi connectivity index (χ4v) is 5.15. The molecule has 4 aromatic rings. The summed E-state index contributed by atoms with van der Waals surface area (Å²) in [4.78, 5) is 55.0. The van der Waals surface area contributed by atoms with Crippen LogP contribution in [0.1, 0.15) is 76.4 Å². The number of carbonyl (C=O) groups excluding carboxylic acids is 4. The molecule has 3 amide bonds. The second-order valence-electron chi connectivity index (χ2n) is 9.97. The van der Waals surface area contributed by atoms with Crippen LogP contribution in [-0.4, -0.2) is 51.9 Å². The van der Waals surface area contributed by atoms with Crippen molar-refractivity contribution in [3.05, 3.63) is 112 Å². The lowest BCUT2D eigenvalue weighted by atomic mass is 9.98. The van der Waals surface area contributed by atoms with Gasteiger partial charge in [-0.3, -0.25) is 14.4 Å². The molecule has 11 nitrogen and oxygen atoms in total. The van der Waals surface area contributed by atoms with Crippen molar-refractivity contribution in [2.75, 3.05) is 13.7 Å². The molecule has 220 valence electrons. The van der Waals surface area contributed by atoms with Crippen molar-refractivity contribution < 1.29 is 28.3 Å². The Morgan fingerprint density at radius 1 is 1.14 bits per heavy atom. The van der Waals surface area contributed by atoms with E-state index in [1.165, 1.54) is 19.2 Å². The Bertz CT molecular complexity index is 1780. The second kappa shape index (κ2) is 12.2. The first kappa shape index (κ1) is 29.1. The van der Waals surface area contributed by atoms with Gasteiger partial charge in [-0.25, -0.2) is 18.7 Å². The Morgan fingerprint density at radius 2 is 1.95 bits per heavy atom. The van der Waals surface area contributed by atoms with Crippen molar-refractivity contribution in [3.63, 3.8) is 0 Å². The van der Waals surface area contributed by atoms with E-state index in [2.05, 4.69) is 32.6 Å². The average molecular weight is 585 g/mol. The number of benzene rings is 2. The summed E-state index contributed by atoms with van der Waals surface area (Å²) in [7, 11) is 1.52. The third kappa shape index (κ3) is 5.85. The molecule has 2 aromatic carbocycles. The SMILES string of the molecule is C=CCOC(=O)c1ccc2c(c1C)CC[C@@H]2NC(=O)c1cc(C(=O)NCc2cccc(C(=O)NC)c2)nc2c(F)cnn12. The minimum absolute atomic E-state index is 0.0706. The van der Waals surface area contributed by atoms with Gasteiger partial charge in [-0.05, 0) is 60.2 Å². The number of aromatic nitrogens is 3. The number of nitrogens with zero attached hydrogens (tertiary/aromatic N) is 3. The number of amides is 3. The summed E-state index contributed by atoms with van der Waals surface area (Å²) in [6.45, 7) is 5.57. The van der Waals surface area contributed by atoms with Crippen LogP contribution in [0.3, 0.4) is 0 Å². The molecular weight excluding hydrogens is 555 g/mol. The maximum atomic E-state index is 14.6. The average Bonchev–Trinajstić information content (AvgIpc) is 3.61. The monoisotopic (exact) mass is 584 g/mol. The van der Waals surface area contributed by atoms with E-state index < -0.39 is 23.6 Å². The maximum absolute atomic E-state index is 14.6. The van der Waals surface area contributed by atoms with Crippen LogP contribution in [0.4, 0.5) is 4.39 Å². The maximum Gasteiger partial charge on any atom is 0.338 e. The van der Waals surface area contributed by atoms with E-state index in [4.69, 9.17) is 4.74 Å². The number of ether oxygens (including phenoxy) is 1. The van der Waals surface area contributed by atoms with Gasteiger partial charge in [0.25, 0.3) is 17.7 Å². The fraction of sp³-hybridized carbons (Fsp3) is 0.226. The predicted octanol–water partition coefficient (Wildman–Crippen LogP) is 3.23. The van der Waals surface area contributed by atoms with Gasteiger partial charge in [-0.2, -0.15) is 5.10 Å². The highest BCUT2D eigenvalue weighted by atomic mass is 19.1. The number of halogens is 1. The van der Waals surface area contributed by atoms with E-state index >= 15 is 0 Å². The summed E-state index contributed by atoms with van der Waals surface area (Å²) in [5.74, 6) is -2.72. The molecule has 0 bridgehead atoms. The summed E-state index contributed by atoms with van der Waals surface area (Å²) >= 11 is 0. The molecule has 0 radical (unpaired) electrons. The first-order valence-corrected chi connectivity index (χ1v) is 13.6. The van der Waals surface area contributed by atoms with Gasteiger partial charge in [0.05, 0.1) is 17.8 Å². The minimum atomic E-state index is -0.792. The number of hydrogen-bond donors (Lipinski definition) is 3. The van der Waals surface area contributed by atoms with Crippen LogP contribution in [0.5, 0.6) is 0 Å². The van der Waals surface area contributed by atoms with Crippen molar-refractivity contribution >= 4 is 29.3 Å². The molecule has 5 rings (SSSR count). The smallest absolute Gasteiger partial charge is 0.338 e. The van der Waals surface area contributed by atoms with Crippen LogP contribution in [0.25, 0.3) is 5.65 Å². The fourth-order valence-electron chi connectivity index (χ4n) is 5.15. The Morgan fingerprint density at radius 3 is 2.72 bits per heavy atom. The van der Waals surface area contributed by atoms with Crippen LogP contribution in [-0.2, 0) is 17.7 Å². The van der Waals surface area contributed by atoms with Gasteiger partial charge in [0.1, 0.15) is 18.0 Å². The van der Waals surface area contributed by atoms with E-state index in [1.54, 1.807) is 36.4 Å². The van der Waals surface area contributed by atoms with E-state index in [0.717, 1.165) is 27.4 Å². The van der Waals surface area contributed by atoms with Crippen molar-refractivity contribution in [3.8, 4) is 0 Å². The van der Waals surface area contributed by atoms with Crippen LogP contribution in [0.15, 0.2) is 61.3 Å². The second-order valence-corrected chi connectivity index (χ2v) is 9.97. The summed E-state index contributed by atoms with van der Waals surface area (Å²) in [5.41, 5.74) is 3.61. The molecular formula is C31H29FN6O5. The van der Waals surface area contributed by atoms with E-state index in [-0.39, 0.29) is 42.1 Å². The van der Waals surface area contributed by atoms with E-state index in [1.807, 2.05) is 6.92 Å². The first-order valence-electron chi connectivity index (χ1n) is 13.6. The molecule has 0 spiro atoms. The highest BCUT2D eigenvalue weighted by molar-refractivity contribution is 5.99. The third-order valence-corrected chi connectivity index (χ3v) is 7.31. The molecule has 1 atom stereocenters. The van der Waals surface area contributed by atoms with Gasteiger partial charge in [0, 0.05) is 25.2 Å². The zero-order chi connectivity index (χ0) is 30.7. The summed E-state index contributed by atoms with van der Waals surface area (Å²) in [5, 5.41) is 12.2. The topological polar surface area (TPSA) is 144 Å². The van der Waals surface area contributed by atoms with Gasteiger partial charge in [-0.15, -0.1) is 0 Å². The quantitative estimate of drug-likeness (QED) is 0.202. The summed E-state index contributed by atoms with van der Waals surface area (Å²) in [6.07, 6.45) is 3.63. The number of hydrogen-bond acceptors (Lipinski definition) is 7. The highest BCUT2D eigenvalue weighted by Gasteiger charge is 2.29. The lowest BCUT2D eigenvalue weighted by Gasteiger charge is -2.16. The van der Waals surface area contributed by atoms with Crippen molar-refractivity contribution in [2.24, 2.45) is 0 Å². The minimum Gasteiger partial charge on any atom is -0.458 e. The molecule has 12 heteroatoms. The van der Waals surface area contributed by atoms with Crippen molar-refractivity contribution in [2.45, 2.75) is 32.4 Å². The number of rotatable bonds is 9. The summed E-state index contributed by atoms with van der Waals surface area (Å²) < 4.78 is 20.8. The standard InChI is InChI=1S/C31H29FN6O5/c1-4-12-43-31(42)21-8-9-22-20(17(21)2)10-11-24(22)37-30(41)26-14-25(36-27-23(32)16-35-38(26)27)29(40)34-15-18-6-5-7-19(13-18)28(39)33-3/h4-9,13-14,16,24H,1,10-12,15H2,2-3H3,(H,33,39)(H,34,40)(H,37,41)/t24-/m0/s1. The van der Waals surface area contributed by atoms with Gasteiger partial charge >= 0.3 is 5.97 Å². The normalized spacial score (nSPS) is 13.7. The molecule has 1 aliphatic carbocycles. The number of nitrogens with one attached hydrogen (secondary N) is 3. The molecule has 3 N–H and O–H groups in total. The lowest BCUT2D eigenvalue weighted by molar-refractivity contribution is 0.0548. The van der Waals surface area contributed by atoms with E-state index in [9.17, 15) is 23.6 Å². The molecule has 43 heavy (non-hydrogen) atoms. The zero-order valence-corrected chi connectivity index (χ0v) is 23.6. The van der Waals surface area contributed by atoms with Crippen LogP contribution < -0.4 is 16.0 Å². The molecule has 0 saturated heterocycles. The van der Waals surface area contributed by atoms with Gasteiger partial charge in [0.15, 0.2) is 11.5 Å². The van der Waals surface area contributed by atoms with E-state index in [0.29, 0.717) is 29.5 Å². The van der Waals surface area contributed by atoms with Gasteiger partial charge in [0.2, 0.25) is 0 Å². The molecule has 0 saturated carbocycles. The third-order valence-electron chi connectivity index (χ3n) is 7.31. The lowest BCUT2D eigenvalue weighted by Crippen LogP contribution is -2.31. The predicted molar refractivity (Wildman–Crippen MR) is 154 cm³/mol. The Hall–Kier alpha value is -5.39. The highest BCUT2D eigenvalue weighted by Crippen LogP contribution is 2.35. The van der Waals surface area contributed by atoms with Crippen LogP contribution in [0.2, 0.25) is 0 Å². The molecule has 1 aliphatic rings. The van der Waals surface area contributed by atoms with Crippen molar-refractivity contribution in [1.82, 2.24) is 30.5 Å². The molecule has 0 unspecified atom stereocenters. The first-order chi connectivity index (χ1) is 20.7. The summed E-state index contributed by atoms with van der Waals surface area (Å²) in [6, 6.07) is 11.1. The Balaban J connectivity index is 1.36. The molecule has 0 fully saturated rings. The Labute approximate surface area is 246 Å². The van der Waals surface area contributed by atoms with Gasteiger partial charge in [-0.1, -0.05) is 30.9 Å². The number of esters is 1. The zero-order valence-electron chi connectivity index (χ0n) is 23.6. The molecule has 2 aromatic heterocycles. The molecule has 0 aliphatic heterocycles. The van der Waals surface area contributed by atoms with Crippen molar-refractivity contribution in [1.29, 1.82) is 0 Å². The largest absolute Gasteiger partial charge is 0.458 e.